The monoisotopic (exact) mass is 455 g/mol. The number of amides is 1. The summed E-state index contributed by atoms with van der Waals surface area (Å²) in [5, 5.41) is 5.79. The SMILES string of the molecule is COCCOC(=O)C1=C(C)N=C2SC=C(CC(=O)NC3CC3)N2[C@H]1c1ccc(C)cc1C. The van der Waals surface area contributed by atoms with E-state index in [0.29, 0.717) is 23.9 Å². The van der Waals surface area contributed by atoms with E-state index in [1.807, 2.05) is 37.1 Å². The van der Waals surface area contributed by atoms with Crippen molar-refractivity contribution >= 4 is 28.8 Å². The van der Waals surface area contributed by atoms with Gasteiger partial charge in [0.2, 0.25) is 5.91 Å². The zero-order chi connectivity index (χ0) is 22.8. The van der Waals surface area contributed by atoms with Crippen LogP contribution in [0.15, 0.2) is 45.6 Å². The van der Waals surface area contributed by atoms with Crippen LogP contribution in [-0.4, -0.2) is 48.3 Å². The Morgan fingerprint density at radius 2 is 2.00 bits per heavy atom. The van der Waals surface area contributed by atoms with Crippen LogP contribution in [0.25, 0.3) is 0 Å². The van der Waals surface area contributed by atoms with Gasteiger partial charge in [0.05, 0.1) is 30.3 Å². The van der Waals surface area contributed by atoms with Gasteiger partial charge in [-0.25, -0.2) is 9.79 Å². The van der Waals surface area contributed by atoms with Crippen molar-refractivity contribution in [3.05, 3.63) is 57.3 Å². The van der Waals surface area contributed by atoms with Gasteiger partial charge in [-0.3, -0.25) is 4.79 Å². The number of carbonyl (C=O) groups is 2. The van der Waals surface area contributed by atoms with Crippen LogP contribution in [0.3, 0.4) is 0 Å². The molecular formula is C24H29N3O4S. The van der Waals surface area contributed by atoms with Crippen LogP contribution in [0.2, 0.25) is 0 Å². The summed E-state index contributed by atoms with van der Waals surface area (Å²) in [6.07, 6.45) is 2.33. The Kier molecular flexibility index (Phi) is 6.71. The molecule has 2 aliphatic heterocycles. The molecule has 1 aliphatic carbocycles. The first-order chi connectivity index (χ1) is 15.4. The number of aliphatic imine (C=N–C) groups is 1. The summed E-state index contributed by atoms with van der Waals surface area (Å²) in [7, 11) is 1.57. The van der Waals surface area contributed by atoms with Gasteiger partial charge in [0.25, 0.3) is 0 Å². The number of nitrogens with zero attached hydrogens (tertiary/aromatic N) is 2. The lowest BCUT2D eigenvalue weighted by atomic mass is 9.90. The lowest BCUT2D eigenvalue weighted by Gasteiger charge is -2.37. The summed E-state index contributed by atoms with van der Waals surface area (Å²) in [5.74, 6) is -0.415. The number of methoxy groups -OCH3 is 1. The zero-order valence-electron chi connectivity index (χ0n) is 18.9. The fourth-order valence-corrected chi connectivity index (χ4v) is 4.99. The fraction of sp³-hybridized carbons (Fsp3) is 0.458. The Bertz CT molecular complexity index is 1030. The van der Waals surface area contributed by atoms with Crippen molar-refractivity contribution in [1.29, 1.82) is 0 Å². The first kappa shape index (κ1) is 22.6. The highest BCUT2D eigenvalue weighted by atomic mass is 32.2. The van der Waals surface area contributed by atoms with Crippen LogP contribution in [0.5, 0.6) is 0 Å². The Morgan fingerprint density at radius 3 is 2.69 bits per heavy atom. The predicted octanol–water partition coefficient (Wildman–Crippen LogP) is 3.74. The van der Waals surface area contributed by atoms with Gasteiger partial charge >= 0.3 is 5.97 Å². The molecule has 0 bridgehead atoms. The number of aryl methyl sites for hydroxylation is 2. The molecule has 1 amide bonds. The maximum absolute atomic E-state index is 13.2. The second-order valence-electron chi connectivity index (χ2n) is 8.40. The van der Waals surface area contributed by atoms with E-state index in [-0.39, 0.29) is 18.9 Å². The third kappa shape index (κ3) is 4.76. The number of carbonyl (C=O) groups excluding carboxylic acids is 2. The number of hydrogen-bond donors (Lipinski definition) is 1. The van der Waals surface area contributed by atoms with Gasteiger partial charge in [-0.05, 0) is 50.1 Å². The van der Waals surface area contributed by atoms with E-state index in [1.165, 1.54) is 11.8 Å². The van der Waals surface area contributed by atoms with Crippen molar-refractivity contribution in [1.82, 2.24) is 10.2 Å². The zero-order valence-corrected chi connectivity index (χ0v) is 19.8. The van der Waals surface area contributed by atoms with Gasteiger partial charge in [-0.1, -0.05) is 35.5 Å². The van der Waals surface area contributed by atoms with Crippen LogP contribution in [0.4, 0.5) is 0 Å². The van der Waals surface area contributed by atoms with Crippen molar-refractivity contribution in [3.8, 4) is 0 Å². The summed E-state index contributed by atoms with van der Waals surface area (Å²) in [4.78, 5) is 32.5. The lowest BCUT2D eigenvalue weighted by Crippen LogP contribution is -2.38. The summed E-state index contributed by atoms with van der Waals surface area (Å²) in [6, 6.07) is 6.10. The van der Waals surface area contributed by atoms with Crippen molar-refractivity contribution in [2.75, 3.05) is 20.3 Å². The fourth-order valence-electron chi connectivity index (χ4n) is 4.02. The molecule has 3 aliphatic rings. The van der Waals surface area contributed by atoms with E-state index in [4.69, 9.17) is 14.5 Å². The van der Waals surface area contributed by atoms with E-state index < -0.39 is 12.0 Å². The smallest absolute Gasteiger partial charge is 0.338 e. The summed E-state index contributed by atoms with van der Waals surface area (Å²) < 4.78 is 10.5. The van der Waals surface area contributed by atoms with Crippen LogP contribution in [0.1, 0.15) is 48.9 Å². The summed E-state index contributed by atoms with van der Waals surface area (Å²) >= 11 is 1.48. The van der Waals surface area contributed by atoms with E-state index in [2.05, 4.69) is 17.4 Å². The molecule has 1 atom stereocenters. The number of hydrogen-bond acceptors (Lipinski definition) is 7. The maximum Gasteiger partial charge on any atom is 0.338 e. The van der Waals surface area contributed by atoms with Crippen LogP contribution in [0, 0.1) is 13.8 Å². The molecule has 8 heteroatoms. The first-order valence-corrected chi connectivity index (χ1v) is 11.7. The van der Waals surface area contributed by atoms with Gasteiger partial charge in [0, 0.05) is 18.8 Å². The highest BCUT2D eigenvalue weighted by Gasteiger charge is 2.41. The molecule has 32 heavy (non-hydrogen) atoms. The molecule has 4 rings (SSSR count). The number of fused-ring (bicyclic) bond motifs is 1. The molecule has 1 N–H and O–H groups in total. The van der Waals surface area contributed by atoms with Gasteiger partial charge in [-0.15, -0.1) is 0 Å². The van der Waals surface area contributed by atoms with Gasteiger partial charge < -0.3 is 19.7 Å². The summed E-state index contributed by atoms with van der Waals surface area (Å²) in [5.41, 5.74) is 5.19. The molecule has 7 nitrogen and oxygen atoms in total. The average Bonchev–Trinajstić information content (AvgIpc) is 3.46. The Hall–Kier alpha value is -2.58. The number of nitrogens with one attached hydrogen (secondary N) is 1. The Balaban J connectivity index is 1.70. The predicted molar refractivity (Wildman–Crippen MR) is 125 cm³/mol. The second-order valence-corrected chi connectivity index (χ2v) is 9.24. The number of allylic oxidation sites excluding steroid dienone is 1. The van der Waals surface area contributed by atoms with E-state index >= 15 is 0 Å². The van der Waals surface area contributed by atoms with E-state index in [0.717, 1.165) is 40.4 Å². The number of amidine groups is 1. The molecule has 0 radical (unpaired) electrons. The molecule has 1 aromatic rings. The first-order valence-electron chi connectivity index (χ1n) is 10.9. The van der Waals surface area contributed by atoms with Crippen molar-refractivity contribution in [2.24, 2.45) is 4.99 Å². The van der Waals surface area contributed by atoms with Gasteiger partial charge in [0.15, 0.2) is 5.17 Å². The highest BCUT2D eigenvalue weighted by Crippen LogP contribution is 2.45. The molecule has 1 aromatic carbocycles. The maximum atomic E-state index is 13.2. The lowest BCUT2D eigenvalue weighted by molar-refractivity contribution is -0.141. The second kappa shape index (κ2) is 9.50. The van der Waals surface area contributed by atoms with Gasteiger partial charge in [-0.2, -0.15) is 0 Å². The van der Waals surface area contributed by atoms with Crippen molar-refractivity contribution in [2.45, 2.75) is 52.1 Å². The van der Waals surface area contributed by atoms with Crippen molar-refractivity contribution < 1.29 is 19.1 Å². The highest BCUT2D eigenvalue weighted by molar-refractivity contribution is 8.16. The Morgan fingerprint density at radius 1 is 1.22 bits per heavy atom. The normalized spacial score (nSPS) is 20.0. The quantitative estimate of drug-likeness (QED) is 0.475. The minimum Gasteiger partial charge on any atom is -0.460 e. The van der Waals surface area contributed by atoms with Crippen LogP contribution >= 0.6 is 11.8 Å². The number of rotatable bonds is 8. The molecule has 170 valence electrons. The van der Waals surface area contributed by atoms with Gasteiger partial charge in [0.1, 0.15) is 6.61 Å². The molecule has 0 saturated heterocycles. The molecule has 1 saturated carbocycles. The molecular weight excluding hydrogens is 426 g/mol. The largest absolute Gasteiger partial charge is 0.460 e. The standard InChI is InChI=1S/C24H29N3O4S/c1-14-5-8-19(15(2)11-14)22-21(23(29)31-10-9-30-4)16(3)25-24-27(22)18(13-32-24)12-20(28)26-17-6-7-17/h5,8,11,13,17,22H,6-7,9-10,12H2,1-4H3,(H,26,28)/t22-/m0/s1. The molecule has 0 unspecified atom stereocenters. The van der Waals surface area contributed by atoms with E-state index in [1.54, 1.807) is 7.11 Å². The minimum absolute atomic E-state index is 0.00419. The molecule has 1 fully saturated rings. The topological polar surface area (TPSA) is 80.2 Å². The molecule has 0 aromatic heterocycles. The van der Waals surface area contributed by atoms with E-state index in [9.17, 15) is 9.59 Å². The number of esters is 1. The summed E-state index contributed by atoms with van der Waals surface area (Å²) in [6.45, 7) is 6.43. The molecule has 2 heterocycles. The van der Waals surface area contributed by atoms with Crippen LogP contribution in [-0.2, 0) is 19.1 Å². The average molecular weight is 456 g/mol. The number of ether oxygens (including phenoxy) is 2. The minimum atomic E-state index is -0.411. The van der Waals surface area contributed by atoms with Crippen LogP contribution < -0.4 is 5.32 Å². The number of benzene rings is 1. The molecule has 0 spiro atoms. The number of thioether (sulfide) groups is 1. The van der Waals surface area contributed by atoms with Crippen molar-refractivity contribution in [3.63, 3.8) is 0 Å². The third-order valence-corrected chi connectivity index (χ3v) is 6.63. The Labute approximate surface area is 192 Å². The third-order valence-electron chi connectivity index (χ3n) is 5.75.